The van der Waals surface area contributed by atoms with Gasteiger partial charge in [-0.1, -0.05) is 11.3 Å². The molecular weight excluding hydrogens is 393 g/mol. The molecule has 0 spiro atoms. The maximum Gasteiger partial charge on any atom is 0.416 e. The highest BCUT2D eigenvalue weighted by Crippen LogP contribution is 2.40. The van der Waals surface area contributed by atoms with E-state index in [4.69, 9.17) is 4.74 Å². The number of benzene rings is 1. The van der Waals surface area contributed by atoms with Crippen molar-refractivity contribution < 1.29 is 22.8 Å². The van der Waals surface area contributed by atoms with Crippen molar-refractivity contribution in [2.24, 2.45) is 0 Å². The van der Waals surface area contributed by atoms with E-state index in [0.29, 0.717) is 35.3 Å². The first kappa shape index (κ1) is 20.4. The molecule has 0 atom stereocenters. The zero-order valence-electron chi connectivity index (χ0n) is 13.6. The molecule has 1 aromatic carbocycles. The Balaban J connectivity index is 2.05. The monoisotopic (exact) mass is 408 g/mol. The van der Waals surface area contributed by atoms with Crippen LogP contribution >= 0.6 is 23.1 Å². The van der Waals surface area contributed by atoms with Gasteiger partial charge in [0.15, 0.2) is 4.34 Å². The van der Waals surface area contributed by atoms with E-state index < -0.39 is 22.4 Å². The number of rotatable bonds is 9. The summed E-state index contributed by atoms with van der Waals surface area (Å²) in [4.78, 5) is 10.3. The van der Waals surface area contributed by atoms with E-state index in [9.17, 15) is 23.3 Å². The van der Waals surface area contributed by atoms with Gasteiger partial charge in [0.2, 0.25) is 5.13 Å². The molecule has 0 bridgehead atoms. The van der Waals surface area contributed by atoms with Crippen molar-refractivity contribution in [2.75, 3.05) is 25.1 Å². The molecule has 2 rings (SSSR count). The van der Waals surface area contributed by atoms with Gasteiger partial charge in [0.25, 0.3) is 5.69 Å². The van der Waals surface area contributed by atoms with Crippen LogP contribution in [0, 0.1) is 10.1 Å². The fraction of sp³-hybridized carbons (Fsp3) is 0.429. The molecule has 0 amide bonds. The molecule has 26 heavy (non-hydrogen) atoms. The molecule has 7 nitrogen and oxygen atoms in total. The Labute approximate surface area is 155 Å². The SMILES string of the molecule is CCOCCCNc1nnc(Sc2ccc(C(F)(F)F)cc2[N+](=O)[O-])s1. The van der Waals surface area contributed by atoms with Crippen molar-refractivity contribution in [3.05, 3.63) is 33.9 Å². The van der Waals surface area contributed by atoms with Gasteiger partial charge >= 0.3 is 6.18 Å². The topological polar surface area (TPSA) is 90.2 Å². The normalized spacial score (nSPS) is 11.5. The summed E-state index contributed by atoms with van der Waals surface area (Å²) >= 11 is 2.07. The number of hydrogen-bond acceptors (Lipinski definition) is 8. The quantitative estimate of drug-likeness (QED) is 0.372. The van der Waals surface area contributed by atoms with Crippen molar-refractivity contribution in [2.45, 2.75) is 28.8 Å². The second-order valence-electron chi connectivity index (χ2n) is 4.89. The summed E-state index contributed by atoms with van der Waals surface area (Å²) in [6.45, 7) is 3.79. The zero-order chi connectivity index (χ0) is 19.2. The molecule has 0 aliphatic carbocycles. The number of nitro benzene ring substituents is 1. The maximum absolute atomic E-state index is 12.7. The number of aromatic nitrogens is 2. The minimum atomic E-state index is -4.64. The molecule has 0 saturated carbocycles. The Kier molecular flexibility index (Phi) is 7.17. The summed E-state index contributed by atoms with van der Waals surface area (Å²) < 4.78 is 43.8. The number of nitrogens with zero attached hydrogens (tertiary/aromatic N) is 3. The van der Waals surface area contributed by atoms with Gasteiger partial charge in [-0.2, -0.15) is 13.2 Å². The lowest BCUT2D eigenvalue weighted by Gasteiger charge is -2.07. The number of ether oxygens (including phenoxy) is 1. The highest BCUT2D eigenvalue weighted by molar-refractivity contribution is 8.01. The minimum absolute atomic E-state index is 0.0713. The average molecular weight is 408 g/mol. The third-order valence-corrected chi connectivity index (χ3v) is 5.03. The first-order valence-corrected chi connectivity index (χ1v) is 9.13. The Morgan fingerprint density at radius 3 is 2.81 bits per heavy atom. The van der Waals surface area contributed by atoms with E-state index in [-0.39, 0.29) is 4.90 Å². The third-order valence-electron chi connectivity index (χ3n) is 3.03. The smallest absolute Gasteiger partial charge is 0.382 e. The highest BCUT2D eigenvalue weighted by Gasteiger charge is 2.33. The fourth-order valence-electron chi connectivity index (χ4n) is 1.85. The number of nitro groups is 1. The third kappa shape index (κ3) is 5.81. The van der Waals surface area contributed by atoms with Gasteiger partial charge in [-0.3, -0.25) is 10.1 Å². The van der Waals surface area contributed by atoms with Gasteiger partial charge in [-0.05, 0) is 37.2 Å². The van der Waals surface area contributed by atoms with Crippen LogP contribution in [-0.2, 0) is 10.9 Å². The first-order chi connectivity index (χ1) is 12.3. The van der Waals surface area contributed by atoms with E-state index in [1.54, 1.807) is 0 Å². The molecule has 1 N–H and O–H groups in total. The van der Waals surface area contributed by atoms with Crippen molar-refractivity contribution in [3.63, 3.8) is 0 Å². The standard InChI is InChI=1S/C14H15F3N4O3S2/c1-2-24-7-3-6-18-12-19-20-13(26-12)25-11-5-4-9(14(15,16)17)8-10(11)21(22)23/h4-5,8H,2-3,6-7H2,1H3,(H,18,19). The van der Waals surface area contributed by atoms with Crippen LogP contribution in [0.1, 0.15) is 18.9 Å². The van der Waals surface area contributed by atoms with Gasteiger partial charge < -0.3 is 10.1 Å². The number of halogens is 3. The molecule has 0 aliphatic rings. The van der Waals surface area contributed by atoms with Crippen molar-refractivity contribution in [1.29, 1.82) is 0 Å². The van der Waals surface area contributed by atoms with Crippen molar-refractivity contribution in [1.82, 2.24) is 10.2 Å². The summed E-state index contributed by atoms with van der Waals surface area (Å²) in [5.74, 6) is 0. The lowest BCUT2D eigenvalue weighted by molar-refractivity contribution is -0.388. The average Bonchev–Trinajstić information content (AvgIpc) is 3.01. The first-order valence-electron chi connectivity index (χ1n) is 7.50. The van der Waals surface area contributed by atoms with Crippen LogP contribution in [0.3, 0.4) is 0 Å². The molecule has 0 unspecified atom stereocenters. The summed E-state index contributed by atoms with van der Waals surface area (Å²) in [5.41, 5.74) is -1.69. The Hall–Kier alpha value is -1.92. The van der Waals surface area contributed by atoms with Crippen molar-refractivity contribution in [3.8, 4) is 0 Å². The summed E-state index contributed by atoms with van der Waals surface area (Å²) in [5, 5.41) is 22.5. The second-order valence-corrected chi connectivity index (χ2v) is 7.16. The molecule has 0 aliphatic heterocycles. The molecule has 0 saturated heterocycles. The van der Waals surface area contributed by atoms with Gasteiger partial charge in [0.05, 0.1) is 15.4 Å². The number of nitrogens with one attached hydrogen (secondary N) is 1. The van der Waals surface area contributed by atoms with E-state index >= 15 is 0 Å². The van der Waals surface area contributed by atoms with Crippen LogP contribution in [0.2, 0.25) is 0 Å². The molecule has 1 aromatic heterocycles. The summed E-state index contributed by atoms with van der Waals surface area (Å²) in [6.07, 6.45) is -3.87. The fourth-order valence-corrected chi connectivity index (χ4v) is 3.67. The van der Waals surface area contributed by atoms with Crippen LogP contribution in [0.25, 0.3) is 0 Å². The van der Waals surface area contributed by atoms with Crippen LogP contribution < -0.4 is 5.32 Å². The number of anilines is 1. The van der Waals surface area contributed by atoms with Gasteiger partial charge in [0, 0.05) is 25.8 Å². The van der Waals surface area contributed by atoms with Gasteiger partial charge in [-0.25, -0.2) is 0 Å². The Morgan fingerprint density at radius 2 is 2.15 bits per heavy atom. The molecule has 12 heteroatoms. The number of alkyl halides is 3. The van der Waals surface area contributed by atoms with Crippen molar-refractivity contribution >= 4 is 33.9 Å². The molecule has 142 valence electrons. The van der Waals surface area contributed by atoms with Crippen LogP contribution in [0.5, 0.6) is 0 Å². The van der Waals surface area contributed by atoms with Gasteiger partial charge in [-0.15, -0.1) is 10.2 Å². The molecule has 1 heterocycles. The van der Waals surface area contributed by atoms with E-state index in [1.807, 2.05) is 6.92 Å². The molecular formula is C14H15F3N4O3S2. The summed E-state index contributed by atoms with van der Waals surface area (Å²) in [6, 6.07) is 2.40. The Bertz CT molecular complexity index is 755. The number of hydrogen-bond donors (Lipinski definition) is 1. The maximum atomic E-state index is 12.7. The van der Waals surface area contributed by atoms with Crippen LogP contribution in [0.4, 0.5) is 24.0 Å². The minimum Gasteiger partial charge on any atom is -0.382 e. The zero-order valence-corrected chi connectivity index (χ0v) is 15.2. The van der Waals surface area contributed by atoms with Crippen LogP contribution in [0.15, 0.2) is 27.4 Å². The highest BCUT2D eigenvalue weighted by atomic mass is 32.2. The van der Waals surface area contributed by atoms with E-state index in [2.05, 4.69) is 15.5 Å². The summed E-state index contributed by atoms with van der Waals surface area (Å²) in [7, 11) is 0. The van der Waals surface area contributed by atoms with E-state index in [1.165, 1.54) is 11.3 Å². The predicted octanol–water partition coefficient (Wildman–Crippen LogP) is 4.45. The largest absolute Gasteiger partial charge is 0.416 e. The molecule has 0 fully saturated rings. The predicted molar refractivity (Wildman–Crippen MR) is 91.7 cm³/mol. The van der Waals surface area contributed by atoms with E-state index in [0.717, 1.165) is 30.3 Å². The second kappa shape index (κ2) is 9.14. The van der Waals surface area contributed by atoms with Gasteiger partial charge in [0.1, 0.15) is 0 Å². The Morgan fingerprint density at radius 1 is 1.38 bits per heavy atom. The lowest BCUT2D eigenvalue weighted by atomic mass is 10.2. The molecule has 2 aromatic rings. The van der Waals surface area contributed by atoms with Crippen LogP contribution in [-0.4, -0.2) is 34.9 Å². The lowest BCUT2D eigenvalue weighted by Crippen LogP contribution is -2.05. The molecule has 0 radical (unpaired) electrons.